The molecule has 2 aromatic heterocycles. The lowest BCUT2D eigenvalue weighted by Gasteiger charge is -1.96. The van der Waals surface area contributed by atoms with E-state index in [1.54, 1.807) is 24.8 Å². The minimum Gasteiger partial charge on any atom is -0.304 e. The molecule has 4 nitrogen and oxygen atoms in total. The van der Waals surface area contributed by atoms with E-state index in [0.29, 0.717) is 17.7 Å². The number of rotatable bonds is 3. The summed E-state index contributed by atoms with van der Waals surface area (Å²) >= 11 is 0. The average molecular weight is 201 g/mol. The lowest BCUT2D eigenvalue weighted by atomic mass is 10.1. The van der Waals surface area contributed by atoms with Gasteiger partial charge in [0, 0.05) is 30.6 Å². The SMILES string of the molecule is C=C(C(=O)CC)c1cn2ccncc2n1. The molecule has 0 atom stereocenters. The molecule has 0 aromatic carbocycles. The highest BCUT2D eigenvalue weighted by Gasteiger charge is 2.10. The first kappa shape index (κ1) is 9.58. The fraction of sp³-hybridized carbons (Fsp3) is 0.182. The number of hydrogen-bond donors (Lipinski definition) is 0. The van der Waals surface area contributed by atoms with Gasteiger partial charge in [0.05, 0.1) is 11.9 Å². The van der Waals surface area contributed by atoms with Crippen LogP contribution in [0.25, 0.3) is 11.2 Å². The van der Waals surface area contributed by atoms with Gasteiger partial charge in [0.25, 0.3) is 0 Å². The molecule has 2 heterocycles. The summed E-state index contributed by atoms with van der Waals surface area (Å²) in [4.78, 5) is 19.6. The van der Waals surface area contributed by atoms with Gasteiger partial charge in [-0.25, -0.2) is 4.98 Å². The standard InChI is InChI=1S/C11H11N3O/c1-3-10(15)8(2)9-7-14-5-4-12-6-11(14)13-9/h4-7H,2-3H2,1H3. The highest BCUT2D eigenvalue weighted by molar-refractivity contribution is 6.19. The molecule has 0 aliphatic rings. The molecule has 76 valence electrons. The minimum atomic E-state index is 0.0198. The molecule has 4 heteroatoms. The second kappa shape index (κ2) is 3.65. The number of aromatic nitrogens is 3. The summed E-state index contributed by atoms with van der Waals surface area (Å²) in [7, 11) is 0. The van der Waals surface area contributed by atoms with Crippen LogP contribution in [0.5, 0.6) is 0 Å². The van der Waals surface area contributed by atoms with E-state index in [1.807, 2.05) is 11.3 Å². The van der Waals surface area contributed by atoms with Crippen molar-refractivity contribution in [3.05, 3.63) is 37.1 Å². The fourth-order valence-electron chi connectivity index (χ4n) is 1.34. The number of imidazole rings is 1. The van der Waals surface area contributed by atoms with Crippen LogP contribution in [0.3, 0.4) is 0 Å². The van der Waals surface area contributed by atoms with Gasteiger partial charge in [0.2, 0.25) is 0 Å². The predicted octanol–water partition coefficient (Wildman–Crippen LogP) is 1.72. The third-order valence-corrected chi connectivity index (χ3v) is 2.23. The summed E-state index contributed by atoms with van der Waals surface area (Å²) in [6.07, 6.45) is 7.34. The number of nitrogens with zero attached hydrogens (tertiary/aromatic N) is 3. The zero-order valence-electron chi connectivity index (χ0n) is 8.47. The Hall–Kier alpha value is -1.97. The van der Waals surface area contributed by atoms with Crippen molar-refractivity contribution < 1.29 is 4.79 Å². The van der Waals surface area contributed by atoms with Gasteiger partial charge in [-0.05, 0) is 0 Å². The molecule has 0 aliphatic heterocycles. The van der Waals surface area contributed by atoms with E-state index in [1.165, 1.54) is 0 Å². The zero-order chi connectivity index (χ0) is 10.8. The molecule has 0 spiro atoms. The molecule has 0 fully saturated rings. The van der Waals surface area contributed by atoms with Crippen molar-refractivity contribution in [3.8, 4) is 0 Å². The highest BCUT2D eigenvalue weighted by atomic mass is 16.1. The first-order valence-corrected chi connectivity index (χ1v) is 4.73. The molecular formula is C11H11N3O. The van der Waals surface area contributed by atoms with Crippen LogP contribution >= 0.6 is 0 Å². The quantitative estimate of drug-likeness (QED) is 0.710. The number of ketones is 1. The molecule has 0 unspecified atom stereocenters. The summed E-state index contributed by atoms with van der Waals surface area (Å²) in [5.74, 6) is 0.0198. The second-order valence-electron chi connectivity index (χ2n) is 3.22. The van der Waals surface area contributed by atoms with Gasteiger partial charge in [-0.3, -0.25) is 9.78 Å². The Labute approximate surface area is 87.3 Å². The van der Waals surface area contributed by atoms with Gasteiger partial charge in [-0.2, -0.15) is 0 Å². The highest BCUT2D eigenvalue weighted by Crippen LogP contribution is 2.14. The van der Waals surface area contributed by atoms with Crippen molar-refractivity contribution in [2.45, 2.75) is 13.3 Å². The molecule has 15 heavy (non-hydrogen) atoms. The maximum absolute atomic E-state index is 11.4. The van der Waals surface area contributed by atoms with Crippen LogP contribution < -0.4 is 0 Å². The molecule has 0 saturated carbocycles. The lowest BCUT2D eigenvalue weighted by Crippen LogP contribution is -1.98. The molecule has 2 aromatic rings. The van der Waals surface area contributed by atoms with Crippen LogP contribution in [0.4, 0.5) is 0 Å². The van der Waals surface area contributed by atoms with E-state index < -0.39 is 0 Å². The molecule has 0 radical (unpaired) electrons. The Morgan fingerprint density at radius 2 is 2.40 bits per heavy atom. The predicted molar refractivity (Wildman–Crippen MR) is 57.3 cm³/mol. The fourth-order valence-corrected chi connectivity index (χ4v) is 1.34. The largest absolute Gasteiger partial charge is 0.304 e. The van der Waals surface area contributed by atoms with Crippen molar-refractivity contribution in [3.63, 3.8) is 0 Å². The molecule has 0 amide bonds. The Balaban J connectivity index is 2.45. The second-order valence-corrected chi connectivity index (χ2v) is 3.22. The van der Waals surface area contributed by atoms with Crippen molar-refractivity contribution in [1.29, 1.82) is 0 Å². The van der Waals surface area contributed by atoms with Crippen molar-refractivity contribution in [2.24, 2.45) is 0 Å². The topological polar surface area (TPSA) is 47.3 Å². The first-order chi connectivity index (χ1) is 7.22. The molecule has 0 N–H and O–H groups in total. The summed E-state index contributed by atoms with van der Waals surface area (Å²) in [5, 5.41) is 0. The van der Waals surface area contributed by atoms with E-state index >= 15 is 0 Å². The first-order valence-electron chi connectivity index (χ1n) is 4.73. The maximum atomic E-state index is 11.4. The number of hydrogen-bond acceptors (Lipinski definition) is 3. The van der Waals surface area contributed by atoms with Gasteiger partial charge in [0.15, 0.2) is 11.4 Å². The summed E-state index contributed by atoms with van der Waals surface area (Å²) in [6, 6.07) is 0. The lowest BCUT2D eigenvalue weighted by molar-refractivity contribution is -0.113. The van der Waals surface area contributed by atoms with Gasteiger partial charge < -0.3 is 4.40 Å². The van der Waals surface area contributed by atoms with Crippen molar-refractivity contribution in [1.82, 2.24) is 14.4 Å². The Morgan fingerprint density at radius 3 is 3.07 bits per heavy atom. The Kier molecular flexibility index (Phi) is 2.33. The van der Waals surface area contributed by atoms with E-state index in [4.69, 9.17) is 0 Å². The molecule has 0 saturated heterocycles. The van der Waals surface area contributed by atoms with Crippen LogP contribution in [-0.4, -0.2) is 20.2 Å². The number of carbonyl (C=O) groups is 1. The maximum Gasteiger partial charge on any atom is 0.164 e. The molecule has 2 rings (SSSR count). The Bertz CT molecular complexity index is 494. The van der Waals surface area contributed by atoms with Gasteiger partial charge in [-0.15, -0.1) is 0 Å². The normalized spacial score (nSPS) is 10.5. The van der Waals surface area contributed by atoms with Crippen LogP contribution in [0, 0.1) is 0 Å². The summed E-state index contributed by atoms with van der Waals surface area (Å²) in [5.41, 5.74) is 1.80. The number of Topliss-reactive ketones (excluding diaryl/α,β-unsaturated/α-hetero) is 1. The third-order valence-electron chi connectivity index (χ3n) is 2.23. The Morgan fingerprint density at radius 1 is 1.60 bits per heavy atom. The third kappa shape index (κ3) is 1.66. The van der Waals surface area contributed by atoms with Gasteiger partial charge in [0.1, 0.15) is 0 Å². The van der Waals surface area contributed by atoms with Crippen LogP contribution in [0.15, 0.2) is 31.4 Å². The van der Waals surface area contributed by atoms with E-state index in [-0.39, 0.29) is 5.78 Å². The number of carbonyl (C=O) groups excluding carboxylic acids is 1. The minimum absolute atomic E-state index is 0.0198. The van der Waals surface area contributed by atoms with E-state index in [9.17, 15) is 4.79 Å². The molecular weight excluding hydrogens is 190 g/mol. The smallest absolute Gasteiger partial charge is 0.164 e. The zero-order valence-corrected chi connectivity index (χ0v) is 8.47. The number of allylic oxidation sites excluding steroid dienone is 1. The van der Waals surface area contributed by atoms with E-state index in [0.717, 1.165) is 5.65 Å². The van der Waals surface area contributed by atoms with Crippen molar-refractivity contribution >= 4 is 17.0 Å². The van der Waals surface area contributed by atoms with Gasteiger partial charge in [-0.1, -0.05) is 13.5 Å². The summed E-state index contributed by atoms with van der Waals surface area (Å²) in [6.45, 7) is 5.56. The van der Waals surface area contributed by atoms with Crippen LogP contribution in [-0.2, 0) is 4.79 Å². The van der Waals surface area contributed by atoms with Gasteiger partial charge >= 0.3 is 0 Å². The number of fused-ring (bicyclic) bond motifs is 1. The summed E-state index contributed by atoms with van der Waals surface area (Å²) < 4.78 is 1.82. The van der Waals surface area contributed by atoms with Crippen LogP contribution in [0.1, 0.15) is 19.0 Å². The molecule has 0 bridgehead atoms. The van der Waals surface area contributed by atoms with Crippen molar-refractivity contribution in [2.75, 3.05) is 0 Å². The monoisotopic (exact) mass is 201 g/mol. The molecule has 0 aliphatic carbocycles. The van der Waals surface area contributed by atoms with E-state index in [2.05, 4.69) is 16.5 Å². The van der Waals surface area contributed by atoms with Crippen LogP contribution in [0.2, 0.25) is 0 Å². The average Bonchev–Trinajstić information content (AvgIpc) is 2.70.